The molecule has 1 spiro atoms. The van der Waals surface area contributed by atoms with Crippen LogP contribution < -0.4 is 10.6 Å². The zero-order valence-corrected chi connectivity index (χ0v) is 13.9. The largest absolute Gasteiger partial charge is 0.377 e. The fourth-order valence-electron chi connectivity index (χ4n) is 4.56. The van der Waals surface area contributed by atoms with E-state index < -0.39 is 0 Å². The molecule has 3 rings (SSSR count). The minimum atomic E-state index is 0.0502. The molecular weight excluding hydrogens is 280 g/mol. The predicted octanol–water partition coefficient (Wildman–Crippen LogP) is 0.587. The van der Waals surface area contributed by atoms with Crippen molar-refractivity contribution in [2.24, 2.45) is 16.3 Å². The van der Waals surface area contributed by atoms with E-state index in [1.165, 1.54) is 25.7 Å². The normalized spacial score (nSPS) is 32.5. The van der Waals surface area contributed by atoms with Crippen LogP contribution in [0.4, 0.5) is 0 Å². The molecular formula is C16H28N4O2. The lowest BCUT2D eigenvalue weighted by Crippen LogP contribution is -2.69. The molecule has 0 bridgehead atoms. The summed E-state index contributed by atoms with van der Waals surface area (Å²) in [6.45, 7) is 1.16. The molecule has 124 valence electrons. The Balaban J connectivity index is 1.62. The van der Waals surface area contributed by atoms with Crippen LogP contribution in [0.1, 0.15) is 32.1 Å². The minimum Gasteiger partial charge on any atom is -0.377 e. The fraction of sp³-hybridized carbons (Fsp3) is 0.875. The smallest absolute Gasteiger partial charge is 0.241 e. The highest BCUT2D eigenvalue weighted by Gasteiger charge is 2.65. The standard InChI is InChI=1S/C16H28N4O2/c1-17-15(18-10-12(21)20(2)3)19-13-11-6-9-22-14(11)16(13)7-4-5-8-16/h11,13-14H,4-10H2,1-3H3,(H2,17,18,19). The number of carbonyl (C=O) groups is 1. The average molecular weight is 308 g/mol. The highest BCUT2D eigenvalue weighted by atomic mass is 16.5. The van der Waals surface area contributed by atoms with Crippen molar-refractivity contribution in [2.45, 2.75) is 44.2 Å². The number of likely N-dealkylation sites (N-methyl/N-ethyl adjacent to an activating group) is 1. The van der Waals surface area contributed by atoms with Gasteiger partial charge in [-0.25, -0.2) is 0 Å². The fourth-order valence-corrected chi connectivity index (χ4v) is 4.56. The van der Waals surface area contributed by atoms with E-state index in [-0.39, 0.29) is 12.5 Å². The van der Waals surface area contributed by atoms with Gasteiger partial charge in [-0.05, 0) is 19.3 Å². The second-order valence-electron chi connectivity index (χ2n) is 7.02. The van der Waals surface area contributed by atoms with Crippen molar-refractivity contribution in [1.29, 1.82) is 0 Å². The number of carbonyl (C=O) groups excluding carboxylic acids is 1. The van der Waals surface area contributed by atoms with Gasteiger partial charge in [0.25, 0.3) is 0 Å². The van der Waals surface area contributed by atoms with Crippen LogP contribution in [-0.2, 0) is 9.53 Å². The van der Waals surface area contributed by atoms with Gasteiger partial charge in [0.05, 0.1) is 12.6 Å². The number of rotatable bonds is 3. The predicted molar refractivity (Wildman–Crippen MR) is 85.7 cm³/mol. The molecule has 6 heteroatoms. The lowest BCUT2D eigenvalue weighted by atomic mass is 9.54. The Morgan fingerprint density at radius 2 is 2.09 bits per heavy atom. The first-order chi connectivity index (χ1) is 10.6. The van der Waals surface area contributed by atoms with E-state index in [4.69, 9.17) is 4.74 Å². The minimum absolute atomic E-state index is 0.0502. The molecule has 0 aromatic carbocycles. The number of guanidine groups is 1. The number of amides is 1. The molecule has 1 amide bonds. The molecule has 3 fully saturated rings. The van der Waals surface area contributed by atoms with Gasteiger partial charge in [0, 0.05) is 45.1 Å². The zero-order chi connectivity index (χ0) is 15.7. The number of hydrogen-bond donors (Lipinski definition) is 2. The maximum atomic E-state index is 11.7. The first-order valence-electron chi connectivity index (χ1n) is 8.37. The van der Waals surface area contributed by atoms with Crippen molar-refractivity contribution >= 4 is 11.9 Å². The Hall–Kier alpha value is -1.30. The van der Waals surface area contributed by atoms with Crippen LogP contribution in [0.3, 0.4) is 0 Å². The number of aliphatic imine (C=N–C) groups is 1. The van der Waals surface area contributed by atoms with E-state index in [1.54, 1.807) is 26.0 Å². The van der Waals surface area contributed by atoms with Gasteiger partial charge >= 0.3 is 0 Å². The van der Waals surface area contributed by atoms with Crippen molar-refractivity contribution in [1.82, 2.24) is 15.5 Å². The van der Waals surface area contributed by atoms with Crippen LogP contribution in [0.15, 0.2) is 4.99 Å². The third-order valence-corrected chi connectivity index (χ3v) is 5.71. The summed E-state index contributed by atoms with van der Waals surface area (Å²) in [6, 6.07) is 0.433. The Morgan fingerprint density at radius 1 is 1.36 bits per heavy atom. The highest BCUT2D eigenvalue weighted by Crippen LogP contribution is 2.60. The quantitative estimate of drug-likeness (QED) is 0.591. The molecule has 2 saturated carbocycles. The summed E-state index contributed by atoms with van der Waals surface area (Å²) in [5, 5.41) is 6.73. The Bertz CT molecular complexity index is 457. The van der Waals surface area contributed by atoms with Crippen molar-refractivity contribution in [3.05, 3.63) is 0 Å². The van der Waals surface area contributed by atoms with E-state index >= 15 is 0 Å². The van der Waals surface area contributed by atoms with Gasteiger partial charge in [-0.3, -0.25) is 9.79 Å². The van der Waals surface area contributed by atoms with Gasteiger partial charge in [-0.2, -0.15) is 0 Å². The van der Waals surface area contributed by atoms with Gasteiger partial charge in [0.2, 0.25) is 5.91 Å². The molecule has 3 aliphatic rings. The molecule has 6 nitrogen and oxygen atoms in total. The molecule has 2 N–H and O–H groups in total. The molecule has 0 aromatic heterocycles. The van der Waals surface area contributed by atoms with Gasteiger partial charge in [-0.15, -0.1) is 0 Å². The second-order valence-corrected chi connectivity index (χ2v) is 7.02. The topological polar surface area (TPSA) is 66.0 Å². The highest BCUT2D eigenvalue weighted by molar-refractivity contribution is 5.86. The maximum Gasteiger partial charge on any atom is 0.241 e. The Labute approximate surface area is 132 Å². The van der Waals surface area contributed by atoms with Gasteiger partial charge in [-0.1, -0.05) is 12.8 Å². The maximum absolute atomic E-state index is 11.7. The summed E-state index contributed by atoms with van der Waals surface area (Å²) >= 11 is 0. The average Bonchev–Trinajstić information content (AvgIpc) is 3.15. The van der Waals surface area contributed by atoms with E-state index in [0.717, 1.165) is 19.0 Å². The van der Waals surface area contributed by atoms with Crippen molar-refractivity contribution in [2.75, 3.05) is 34.3 Å². The number of fused-ring (bicyclic) bond motifs is 2. The van der Waals surface area contributed by atoms with Crippen LogP contribution in [0.5, 0.6) is 0 Å². The van der Waals surface area contributed by atoms with E-state index in [2.05, 4.69) is 15.6 Å². The molecule has 1 heterocycles. The van der Waals surface area contributed by atoms with Crippen LogP contribution in [0, 0.1) is 11.3 Å². The molecule has 3 unspecified atom stereocenters. The SMILES string of the molecule is CN=C(NCC(=O)N(C)C)NC1C2CCOC2C12CCCC2. The zero-order valence-electron chi connectivity index (χ0n) is 13.9. The molecule has 22 heavy (non-hydrogen) atoms. The molecule has 1 aliphatic heterocycles. The lowest BCUT2D eigenvalue weighted by molar-refractivity contribution is -0.128. The lowest BCUT2D eigenvalue weighted by Gasteiger charge is -2.57. The van der Waals surface area contributed by atoms with Gasteiger partial charge in [0.15, 0.2) is 5.96 Å². The van der Waals surface area contributed by atoms with E-state index in [9.17, 15) is 4.79 Å². The Morgan fingerprint density at radius 3 is 2.73 bits per heavy atom. The third-order valence-electron chi connectivity index (χ3n) is 5.71. The van der Waals surface area contributed by atoms with Crippen molar-refractivity contribution in [3.63, 3.8) is 0 Å². The summed E-state index contributed by atoms with van der Waals surface area (Å²) in [5.41, 5.74) is 0.296. The van der Waals surface area contributed by atoms with Crippen LogP contribution in [0.2, 0.25) is 0 Å². The van der Waals surface area contributed by atoms with Gasteiger partial charge < -0.3 is 20.3 Å². The summed E-state index contributed by atoms with van der Waals surface area (Å²) in [6.07, 6.45) is 6.68. The first-order valence-corrected chi connectivity index (χ1v) is 8.37. The van der Waals surface area contributed by atoms with E-state index in [1.807, 2.05) is 0 Å². The third kappa shape index (κ3) is 2.47. The van der Waals surface area contributed by atoms with Crippen LogP contribution in [-0.4, -0.2) is 63.2 Å². The van der Waals surface area contributed by atoms with Crippen molar-refractivity contribution in [3.8, 4) is 0 Å². The molecule has 3 atom stereocenters. The molecule has 0 radical (unpaired) electrons. The van der Waals surface area contributed by atoms with Crippen LogP contribution in [0.25, 0.3) is 0 Å². The summed E-state index contributed by atoms with van der Waals surface area (Å²) in [7, 11) is 5.29. The monoisotopic (exact) mass is 308 g/mol. The molecule has 0 aromatic rings. The first kappa shape index (κ1) is 15.6. The summed E-state index contributed by atoms with van der Waals surface area (Å²) in [4.78, 5) is 17.6. The summed E-state index contributed by atoms with van der Waals surface area (Å²) < 4.78 is 6.00. The molecule has 1 saturated heterocycles. The molecule has 2 aliphatic carbocycles. The summed E-state index contributed by atoms with van der Waals surface area (Å²) in [5.74, 6) is 1.38. The number of nitrogens with zero attached hydrogens (tertiary/aromatic N) is 2. The van der Waals surface area contributed by atoms with Crippen LogP contribution >= 0.6 is 0 Å². The number of ether oxygens (including phenoxy) is 1. The second kappa shape index (κ2) is 6.07. The van der Waals surface area contributed by atoms with E-state index in [0.29, 0.717) is 23.5 Å². The van der Waals surface area contributed by atoms with Gasteiger partial charge in [0.1, 0.15) is 0 Å². The number of hydrogen-bond acceptors (Lipinski definition) is 3. The van der Waals surface area contributed by atoms with Crippen molar-refractivity contribution < 1.29 is 9.53 Å². The Kier molecular flexibility index (Phi) is 4.30. The number of nitrogens with one attached hydrogen (secondary N) is 2.